The van der Waals surface area contributed by atoms with E-state index in [2.05, 4.69) is 0 Å². The van der Waals surface area contributed by atoms with Gasteiger partial charge in [-0.3, -0.25) is 0 Å². The summed E-state index contributed by atoms with van der Waals surface area (Å²) in [4.78, 5) is 1.48. The van der Waals surface area contributed by atoms with Gasteiger partial charge in [-0.25, -0.2) is 0 Å². The second-order valence-corrected chi connectivity index (χ2v) is 13.0. The minimum Gasteiger partial charge on any atom is -1.00 e. The van der Waals surface area contributed by atoms with E-state index in [0.29, 0.717) is 0 Å². The average Bonchev–Trinajstić information content (AvgIpc) is 2.46. The molecule has 0 spiro atoms. The molecule has 11 heteroatoms. The summed E-state index contributed by atoms with van der Waals surface area (Å²) in [6.45, 7) is 0. The van der Waals surface area contributed by atoms with Gasteiger partial charge in [-0.15, -0.1) is 0 Å². The SMILES string of the molecule is FC(F)(F)c1ccc([S][Zr+2][S]c2ccc(C(F)(F)F)cc2)cc1.[Cl-].[Cl-]. The van der Waals surface area contributed by atoms with Crippen LogP contribution in [0.25, 0.3) is 0 Å². The smallest absolute Gasteiger partial charge is 1.00 e. The first-order valence-electron chi connectivity index (χ1n) is 6.09. The van der Waals surface area contributed by atoms with Gasteiger partial charge in [0.25, 0.3) is 0 Å². The molecule has 0 saturated carbocycles. The molecule has 25 heavy (non-hydrogen) atoms. The first-order valence-corrected chi connectivity index (χ1v) is 13.7. The maximum absolute atomic E-state index is 12.4. The van der Waals surface area contributed by atoms with Crippen molar-refractivity contribution >= 4 is 17.0 Å². The van der Waals surface area contributed by atoms with Crippen molar-refractivity contribution in [1.82, 2.24) is 0 Å². The van der Waals surface area contributed by atoms with E-state index in [1.165, 1.54) is 41.3 Å². The Morgan fingerprint density at radius 1 is 0.560 bits per heavy atom. The normalized spacial score (nSPS) is 11.1. The summed E-state index contributed by atoms with van der Waals surface area (Å²) in [5.41, 5.74) is -1.38. The Bertz CT molecular complexity index is 587. The maximum atomic E-state index is 12.4. The molecule has 0 N–H and O–H groups in total. The third-order valence-electron chi connectivity index (χ3n) is 2.68. The van der Waals surface area contributed by atoms with Gasteiger partial charge in [0.2, 0.25) is 0 Å². The van der Waals surface area contributed by atoms with Gasteiger partial charge in [0.05, 0.1) is 0 Å². The van der Waals surface area contributed by atoms with Crippen molar-refractivity contribution in [3.63, 3.8) is 0 Å². The van der Waals surface area contributed by atoms with Gasteiger partial charge in [0.15, 0.2) is 0 Å². The minimum atomic E-state index is -4.35. The molecule has 2 aromatic rings. The first kappa shape index (κ1) is 25.2. The minimum absolute atomic E-state index is 0. The van der Waals surface area contributed by atoms with Crippen LogP contribution in [-0.4, -0.2) is 0 Å². The summed E-state index contributed by atoms with van der Waals surface area (Å²) in [6, 6.07) is 9.80. The molecular weight excluding hydrogens is 508 g/mol. The summed E-state index contributed by atoms with van der Waals surface area (Å²) in [5.74, 6) is 0. The van der Waals surface area contributed by atoms with Crippen LogP contribution in [0, 0.1) is 0 Å². The third-order valence-corrected chi connectivity index (χ3v) is 11.5. The second-order valence-electron chi connectivity index (χ2n) is 4.33. The van der Waals surface area contributed by atoms with E-state index < -0.39 is 43.8 Å². The number of alkyl halides is 6. The molecule has 0 saturated heterocycles. The van der Waals surface area contributed by atoms with Gasteiger partial charge < -0.3 is 24.8 Å². The molecular formula is C14H8Cl2F6S2Zr. The van der Waals surface area contributed by atoms with Crippen molar-refractivity contribution in [3.05, 3.63) is 59.7 Å². The van der Waals surface area contributed by atoms with E-state index in [9.17, 15) is 26.3 Å². The van der Waals surface area contributed by atoms with Crippen LogP contribution < -0.4 is 24.8 Å². The van der Waals surface area contributed by atoms with Crippen molar-refractivity contribution in [2.75, 3.05) is 0 Å². The Morgan fingerprint density at radius 3 is 1.08 bits per heavy atom. The van der Waals surface area contributed by atoms with Gasteiger partial charge in [-0.1, -0.05) is 0 Å². The number of benzene rings is 2. The van der Waals surface area contributed by atoms with Crippen LogP contribution in [0.5, 0.6) is 0 Å². The Hall–Kier alpha value is 0.183. The van der Waals surface area contributed by atoms with Crippen LogP contribution >= 0.6 is 17.0 Å². The molecule has 0 nitrogen and oxygen atoms in total. The van der Waals surface area contributed by atoms with Crippen LogP contribution in [0.2, 0.25) is 0 Å². The Kier molecular flexibility index (Phi) is 10.6. The van der Waals surface area contributed by atoms with Crippen LogP contribution in [-0.2, 0) is 32.7 Å². The summed E-state index contributed by atoms with van der Waals surface area (Å²) in [7, 11) is 2.98. The molecule has 0 aromatic heterocycles. The molecule has 0 radical (unpaired) electrons. The molecule has 0 fully saturated rings. The zero-order valence-electron chi connectivity index (χ0n) is 12.0. The zero-order chi connectivity index (χ0) is 17.1. The fraction of sp³-hybridized carbons (Fsp3) is 0.143. The van der Waals surface area contributed by atoms with Crippen molar-refractivity contribution in [3.8, 4) is 0 Å². The van der Waals surface area contributed by atoms with Crippen molar-refractivity contribution in [2.24, 2.45) is 0 Å². The molecule has 0 aliphatic rings. The van der Waals surface area contributed by atoms with E-state index in [-0.39, 0.29) is 24.8 Å². The molecule has 2 aromatic carbocycles. The Balaban J connectivity index is 0.00000288. The number of hydrogen-bond donors (Lipinski definition) is 0. The molecule has 0 heterocycles. The van der Waals surface area contributed by atoms with Crippen LogP contribution in [0.1, 0.15) is 11.1 Å². The molecule has 0 atom stereocenters. The predicted octanol–water partition coefficient (Wildman–Crippen LogP) is 0.529. The number of hydrogen-bond acceptors (Lipinski definition) is 2. The van der Waals surface area contributed by atoms with Crippen LogP contribution in [0.4, 0.5) is 26.3 Å². The van der Waals surface area contributed by atoms with E-state index in [0.717, 1.165) is 34.1 Å². The number of rotatable bonds is 4. The largest absolute Gasteiger partial charge is 1.00 e. The van der Waals surface area contributed by atoms with E-state index in [1.807, 2.05) is 0 Å². The van der Waals surface area contributed by atoms with Crippen LogP contribution in [0.3, 0.4) is 0 Å². The van der Waals surface area contributed by atoms with Gasteiger partial charge in [-0.05, 0) is 0 Å². The topological polar surface area (TPSA) is 0 Å². The standard InChI is InChI=1S/2C7H5F3S.2ClH.Zr/c2*8-7(9,10)5-1-3-6(11)4-2-5;;;/h2*1-4,11H;2*1H;/q;;;;+4/p-4. The second kappa shape index (κ2) is 10.5. The van der Waals surface area contributed by atoms with Crippen molar-refractivity contribution in [1.29, 1.82) is 0 Å². The molecule has 0 aliphatic carbocycles. The van der Waals surface area contributed by atoms with Crippen LogP contribution in [0.15, 0.2) is 58.3 Å². The first-order chi connectivity index (χ1) is 10.7. The maximum Gasteiger partial charge on any atom is -1.00 e. The summed E-state index contributed by atoms with van der Waals surface area (Å²) >= 11 is -1.10. The molecule has 0 unspecified atom stereocenters. The van der Waals surface area contributed by atoms with E-state index in [4.69, 9.17) is 0 Å². The van der Waals surface area contributed by atoms with Gasteiger partial charge in [0, 0.05) is 0 Å². The van der Waals surface area contributed by atoms with E-state index >= 15 is 0 Å². The molecule has 0 amide bonds. The predicted molar refractivity (Wildman–Crippen MR) is 74.6 cm³/mol. The van der Waals surface area contributed by atoms with Crippen molar-refractivity contribution < 1.29 is 71.5 Å². The summed E-state index contributed by atoms with van der Waals surface area (Å²) < 4.78 is 74.6. The van der Waals surface area contributed by atoms with Gasteiger partial charge in [-0.2, -0.15) is 0 Å². The fourth-order valence-electron chi connectivity index (χ4n) is 1.54. The molecule has 0 bridgehead atoms. The molecule has 2 rings (SSSR count). The fourth-order valence-corrected chi connectivity index (χ4v) is 10.2. The quantitative estimate of drug-likeness (QED) is 0.545. The summed E-state index contributed by atoms with van der Waals surface area (Å²) in [5, 5.41) is 0. The third kappa shape index (κ3) is 8.16. The molecule has 0 aliphatic heterocycles. The Morgan fingerprint density at radius 2 is 0.840 bits per heavy atom. The monoisotopic (exact) mass is 514 g/mol. The van der Waals surface area contributed by atoms with Gasteiger partial charge >= 0.3 is 145 Å². The molecule has 136 valence electrons. The van der Waals surface area contributed by atoms with E-state index in [1.54, 1.807) is 0 Å². The van der Waals surface area contributed by atoms with Crippen molar-refractivity contribution in [2.45, 2.75) is 22.1 Å². The number of halogens is 8. The summed E-state index contributed by atoms with van der Waals surface area (Å²) in [6.07, 6.45) is -8.70. The zero-order valence-corrected chi connectivity index (χ0v) is 17.6. The average molecular weight is 516 g/mol. The Labute approximate surface area is 169 Å². The van der Waals surface area contributed by atoms with Gasteiger partial charge in [0.1, 0.15) is 0 Å².